The summed E-state index contributed by atoms with van der Waals surface area (Å²) in [6, 6.07) is 1.24. The van der Waals surface area contributed by atoms with Gasteiger partial charge in [0, 0.05) is 36.5 Å². The number of nitrogens with one attached hydrogen (secondary N) is 3. The monoisotopic (exact) mass is 544 g/mol. The fourth-order valence-electron chi connectivity index (χ4n) is 5.10. The minimum absolute atomic E-state index is 0.00694. The number of aromatic nitrogens is 5. The second-order valence-corrected chi connectivity index (χ2v) is 11.7. The molecule has 3 aliphatic rings. The van der Waals surface area contributed by atoms with Gasteiger partial charge in [-0.15, -0.1) is 21.5 Å². The number of anilines is 3. The number of thiophene rings is 1. The third-order valence-electron chi connectivity index (χ3n) is 7.72. The van der Waals surface area contributed by atoms with Crippen LogP contribution >= 0.6 is 11.3 Å². The number of carbonyl (C=O) groups is 2. The zero-order valence-electron chi connectivity index (χ0n) is 21.2. The van der Waals surface area contributed by atoms with Crippen LogP contribution in [0.1, 0.15) is 71.6 Å². The highest BCUT2D eigenvalue weighted by atomic mass is 32.1. The summed E-state index contributed by atoms with van der Waals surface area (Å²) in [5.74, 6) is 1.54. The van der Waals surface area contributed by atoms with E-state index in [1.807, 2.05) is 4.57 Å². The number of amides is 2. The van der Waals surface area contributed by atoms with Gasteiger partial charge in [0.25, 0.3) is 12.3 Å². The number of rotatable bonds is 9. The second-order valence-electron chi connectivity index (χ2n) is 10.6. The quantitative estimate of drug-likeness (QED) is 0.371. The Morgan fingerprint density at radius 1 is 1.26 bits per heavy atom. The number of halogens is 2. The summed E-state index contributed by atoms with van der Waals surface area (Å²) in [5, 5.41) is 21.9. The molecule has 2 fully saturated rings. The Bertz CT molecular complexity index is 1380. The fourth-order valence-corrected chi connectivity index (χ4v) is 6.34. The molecule has 0 aromatic carbocycles. The smallest absolute Gasteiger partial charge is 0.282 e. The van der Waals surface area contributed by atoms with Crippen molar-refractivity contribution in [3.63, 3.8) is 0 Å². The maximum absolute atomic E-state index is 13.4. The average Bonchev–Trinajstić information content (AvgIpc) is 3.72. The Kier molecular flexibility index (Phi) is 6.40. The van der Waals surface area contributed by atoms with Crippen molar-refractivity contribution in [2.75, 3.05) is 17.2 Å². The lowest BCUT2D eigenvalue weighted by Crippen LogP contribution is -2.28. The number of hydrogen-bond donors (Lipinski definition) is 3. The zero-order valence-corrected chi connectivity index (χ0v) is 22.0. The van der Waals surface area contributed by atoms with E-state index < -0.39 is 6.43 Å². The van der Waals surface area contributed by atoms with Gasteiger partial charge in [0.1, 0.15) is 22.8 Å². The van der Waals surface area contributed by atoms with Crippen LogP contribution in [0.4, 0.5) is 25.5 Å². The van der Waals surface area contributed by atoms with Gasteiger partial charge in [-0.25, -0.2) is 8.78 Å². The summed E-state index contributed by atoms with van der Waals surface area (Å²) in [6.45, 7) is 2.70. The lowest BCUT2D eigenvalue weighted by atomic mass is 9.91. The Hall–Kier alpha value is -3.35. The van der Waals surface area contributed by atoms with Crippen molar-refractivity contribution in [2.24, 2.45) is 24.8 Å². The Balaban J connectivity index is 1.26. The fraction of sp³-hybridized carbons (Fsp3) is 0.560. The molecule has 0 radical (unpaired) electrons. The highest BCUT2D eigenvalue weighted by Crippen LogP contribution is 2.44. The van der Waals surface area contributed by atoms with Gasteiger partial charge in [-0.05, 0) is 55.9 Å². The van der Waals surface area contributed by atoms with E-state index >= 15 is 0 Å². The van der Waals surface area contributed by atoms with Gasteiger partial charge in [-0.2, -0.15) is 5.10 Å². The first-order valence-electron chi connectivity index (χ1n) is 13.0. The number of aryl methyl sites for hydroxylation is 2. The van der Waals surface area contributed by atoms with Gasteiger partial charge in [0.15, 0.2) is 0 Å². The Morgan fingerprint density at radius 3 is 2.74 bits per heavy atom. The van der Waals surface area contributed by atoms with Crippen molar-refractivity contribution in [1.82, 2.24) is 29.9 Å². The van der Waals surface area contributed by atoms with E-state index in [0.29, 0.717) is 47.1 Å². The summed E-state index contributed by atoms with van der Waals surface area (Å²) in [6.07, 6.45) is 4.16. The normalized spacial score (nSPS) is 22.3. The average molecular weight is 545 g/mol. The third-order valence-corrected chi connectivity index (χ3v) is 8.93. The molecule has 0 spiro atoms. The van der Waals surface area contributed by atoms with Crippen molar-refractivity contribution in [2.45, 2.75) is 57.9 Å². The maximum atomic E-state index is 13.4. The van der Waals surface area contributed by atoms with Crippen LogP contribution in [-0.2, 0) is 24.7 Å². The summed E-state index contributed by atoms with van der Waals surface area (Å²) in [5.41, 5.74) is 1.19. The summed E-state index contributed by atoms with van der Waals surface area (Å²) in [4.78, 5) is 27.3. The first-order valence-corrected chi connectivity index (χ1v) is 13.8. The van der Waals surface area contributed by atoms with E-state index in [-0.39, 0.29) is 29.5 Å². The summed E-state index contributed by atoms with van der Waals surface area (Å²) >= 11 is 1.50. The van der Waals surface area contributed by atoms with E-state index in [1.165, 1.54) is 22.1 Å². The molecule has 6 rings (SSSR count). The molecule has 0 bridgehead atoms. The highest BCUT2D eigenvalue weighted by Gasteiger charge is 2.40. The van der Waals surface area contributed by atoms with Gasteiger partial charge < -0.3 is 16.0 Å². The standard InChI is InChI=1S/C25H30F2N8O2S/c1-12-7-15(12)22(36)31-24-20(23(37)28-10-13-3-4-13)16-8-14(5-6-18(16)38-24)35-11-29-32-25(35)30-19-9-17(21(26)27)33-34(19)2/h9,11-15,21H,3-8,10H2,1-2H3,(H,28,37)(H,30,32)(H,31,36)/t12-,14-,15+/m0/s1. The number of fused-ring (bicyclic) bond motifs is 1. The zero-order chi connectivity index (χ0) is 26.6. The molecule has 3 aliphatic carbocycles. The molecule has 202 valence electrons. The van der Waals surface area contributed by atoms with E-state index in [1.54, 1.807) is 13.4 Å². The van der Waals surface area contributed by atoms with Gasteiger partial charge in [0.2, 0.25) is 11.9 Å². The molecule has 13 heteroatoms. The maximum Gasteiger partial charge on any atom is 0.282 e. The van der Waals surface area contributed by atoms with Crippen LogP contribution in [0.2, 0.25) is 0 Å². The molecule has 10 nitrogen and oxygen atoms in total. The molecule has 3 atom stereocenters. The molecule has 0 saturated heterocycles. The van der Waals surface area contributed by atoms with E-state index in [4.69, 9.17) is 0 Å². The highest BCUT2D eigenvalue weighted by molar-refractivity contribution is 7.17. The third kappa shape index (κ3) is 4.91. The topological polar surface area (TPSA) is 119 Å². The van der Waals surface area contributed by atoms with Crippen LogP contribution in [0.5, 0.6) is 0 Å². The molecule has 2 amide bonds. The van der Waals surface area contributed by atoms with E-state index in [2.05, 4.69) is 38.2 Å². The summed E-state index contributed by atoms with van der Waals surface area (Å²) in [7, 11) is 1.58. The molecule has 3 heterocycles. The first kappa shape index (κ1) is 25.0. The summed E-state index contributed by atoms with van der Waals surface area (Å²) < 4.78 is 29.4. The predicted molar refractivity (Wildman–Crippen MR) is 138 cm³/mol. The van der Waals surface area contributed by atoms with E-state index in [0.717, 1.165) is 42.5 Å². The van der Waals surface area contributed by atoms with Crippen molar-refractivity contribution in [3.05, 3.63) is 34.1 Å². The van der Waals surface area contributed by atoms with Gasteiger partial charge in [-0.1, -0.05) is 6.92 Å². The number of carbonyl (C=O) groups excluding carboxylic acids is 2. The number of nitrogens with zero attached hydrogens (tertiary/aromatic N) is 5. The molecule has 3 N–H and O–H groups in total. The van der Waals surface area contributed by atoms with Crippen LogP contribution in [-0.4, -0.2) is 42.9 Å². The molecule has 2 saturated carbocycles. The molecular weight excluding hydrogens is 514 g/mol. The SMILES string of the molecule is C[C@H]1C[C@H]1C(=O)Nc1sc2c(c1C(=O)NCC1CC1)C[C@@H](n1cnnc1Nc1cc(C(F)F)nn1C)CC2. The van der Waals surface area contributed by atoms with Crippen LogP contribution < -0.4 is 16.0 Å². The van der Waals surface area contributed by atoms with Crippen molar-refractivity contribution in [3.8, 4) is 0 Å². The van der Waals surface area contributed by atoms with Gasteiger partial charge >= 0.3 is 0 Å². The van der Waals surface area contributed by atoms with Crippen LogP contribution in [0.15, 0.2) is 12.4 Å². The minimum Gasteiger partial charge on any atom is -0.352 e. The number of hydrogen-bond acceptors (Lipinski definition) is 7. The van der Waals surface area contributed by atoms with Crippen molar-refractivity contribution < 1.29 is 18.4 Å². The minimum atomic E-state index is -2.67. The lowest BCUT2D eigenvalue weighted by molar-refractivity contribution is -0.117. The predicted octanol–water partition coefficient (Wildman–Crippen LogP) is 4.22. The van der Waals surface area contributed by atoms with Gasteiger partial charge in [-0.3, -0.25) is 18.8 Å². The molecule has 0 aliphatic heterocycles. The molecule has 3 aromatic rings. The van der Waals surface area contributed by atoms with Gasteiger partial charge in [0.05, 0.1) is 5.56 Å². The van der Waals surface area contributed by atoms with Crippen molar-refractivity contribution in [1.29, 1.82) is 0 Å². The second kappa shape index (κ2) is 9.75. The Labute approximate surface area is 222 Å². The molecule has 0 unspecified atom stereocenters. The van der Waals surface area contributed by atoms with Crippen LogP contribution in [0.3, 0.4) is 0 Å². The molecule has 38 heavy (non-hydrogen) atoms. The Morgan fingerprint density at radius 2 is 2.05 bits per heavy atom. The molecule has 3 aromatic heterocycles. The number of alkyl halides is 2. The van der Waals surface area contributed by atoms with Crippen LogP contribution in [0, 0.1) is 17.8 Å². The largest absolute Gasteiger partial charge is 0.352 e. The van der Waals surface area contributed by atoms with E-state index in [9.17, 15) is 18.4 Å². The molecular formula is C25H30F2N8O2S. The van der Waals surface area contributed by atoms with Crippen LogP contribution in [0.25, 0.3) is 0 Å². The first-order chi connectivity index (χ1) is 18.3. The van der Waals surface area contributed by atoms with Crippen molar-refractivity contribution >= 4 is 39.9 Å². The lowest BCUT2D eigenvalue weighted by Gasteiger charge is -2.25.